The quantitative estimate of drug-likeness (QED) is 0.748. The molecule has 2 aromatic rings. The number of Topliss-reactive ketones (excluding diaryl/α,β-unsaturated/α-hetero) is 1. The SMILES string of the molecule is CC(=O)c1ccccc1.CN(C)c1ccccc1. The Bertz CT molecular complexity index is 463. The lowest BCUT2D eigenvalue weighted by atomic mass is 10.2. The summed E-state index contributed by atoms with van der Waals surface area (Å²) >= 11 is 0. The summed E-state index contributed by atoms with van der Waals surface area (Å²) in [5, 5.41) is 0. The summed E-state index contributed by atoms with van der Waals surface area (Å²) in [6.45, 7) is 1.56. The molecule has 0 saturated heterocycles. The summed E-state index contributed by atoms with van der Waals surface area (Å²) in [5.41, 5.74) is 2.02. The lowest BCUT2D eigenvalue weighted by molar-refractivity contribution is 0.101. The average molecular weight is 241 g/mol. The number of ketones is 1. The molecule has 0 aliphatic heterocycles. The van der Waals surface area contributed by atoms with E-state index in [0.717, 1.165) is 5.56 Å². The largest absolute Gasteiger partial charge is 0.378 e. The fraction of sp³-hybridized carbons (Fsp3) is 0.188. The topological polar surface area (TPSA) is 20.3 Å². The van der Waals surface area contributed by atoms with Gasteiger partial charge < -0.3 is 4.90 Å². The number of nitrogens with zero attached hydrogens (tertiary/aromatic N) is 1. The number of carbonyl (C=O) groups excluding carboxylic acids is 1. The first-order valence-corrected chi connectivity index (χ1v) is 5.89. The van der Waals surface area contributed by atoms with Crippen LogP contribution in [0.25, 0.3) is 0 Å². The van der Waals surface area contributed by atoms with Crippen LogP contribution in [0.3, 0.4) is 0 Å². The first kappa shape index (κ1) is 14.0. The molecule has 0 unspecified atom stereocenters. The number of rotatable bonds is 2. The summed E-state index contributed by atoms with van der Waals surface area (Å²) in [5.74, 6) is 0.121. The van der Waals surface area contributed by atoms with Crippen molar-refractivity contribution >= 4 is 11.5 Å². The van der Waals surface area contributed by atoms with Gasteiger partial charge in [0.25, 0.3) is 0 Å². The summed E-state index contributed by atoms with van der Waals surface area (Å²) in [6.07, 6.45) is 0. The van der Waals surface area contributed by atoms with E-state index < -0.39 is 0 Å². The van der Waals surface area contributed by atoms with Gasteiger partial charge in [-0.15, -0.1) is 0 Å². The molecule has 2 rings (SSSR count). The van der Waals surface area contributed by atoms with Crippen LogP contribution < -0.4 is 4.90 Å². The highest BCUT2D eigenvalue weighted by Crippen LogP contribution is 2.07. The van der Waals surface area contributed by atoms with Crippen LogP contribution in [0.2, 0.25) is 0 Å². The molecule has 0 heterocycles. The van der Waals surface area contributed by atoms with Crippen LogP contribution in [0.5, 0.6) is 0 Å². The van der Waals surface area contributed by atoms with Gasteiger partial charge in [-0.05, 0) is 19.1 Å². The van der Waals surface area contributed by atoms with Gasteiger partial charge in [-0.3, -0.25) is 4.79 Å². The van der Waals surface area contributed by atoms with Crippen LogP contribution in [0, 0.1) is 0 Å². The second-order valence-electron chi connectivity index (χ2n) is 4.15. The number of anilines is 1. The van der Waals surface area contributed by atoms with Gasteiger partial charge in [-0.1, -0.05) is 48.5 Å². The third kappa shape index (κ3) is 4.83. The van der Waals surface area contributed by atoms with Crippen molar-refractivity contribution in [2.24, 2.45) is 0 Å². The number of hydrogen-bond donors (Lipinski definition) is 0. The molecule has 0 aliphatic carbocycles. The third-order valence-electron chi connectivity index (χ3n) is 2.45. The minimum absolute atomic E-state index is 0.121. The van der Waals surface area contributed by atoms with Gasteiger partial charge in [-0.2, -0.15) is 0 Å². The average Bonchev–Trinajstić information content (AvgIpc) is 2.41. The zero-order valence-corrected chi connectivity index (χ0v) is 11.1. The number of para-hydroxylation sites is 1. The van der Waals surface area contributed by atoms with E-state index in [2.05, 4.69) is 17.0 Å². The first-order valence-electron chi connectivity index (χ1n) is 5.89. The van der Waals surface area contributed by atoms with Gasteiger partial charge in [0.2, 0.25) is 0 Å². The molecular weight excluding hydrogens is 222 g/mol. The van der Waals surface area contributed by atoms with Crippen molar-refractivity contribution < 1.29 is 4.79 Å². The highest BCUT2D eigenvalue weighted by Gasteiger charge is 1.92. The Hall–Kier alpha value is -2.09. The monoisotopic (exact) mass is 241 g/mol. The van der Waals surface area contributed by atoms with Gasteiger partial charge >= 0.3 is 0 Å². The maximum absolute atomic E-state index is 10.6. The predicted octanol–water partition coefficient (Wildman–Crippen LogP) is 3.64. The van der Waals surface area contributed by atoms with Crippen molar-refractivity contribution in [2.75, 3.05) is 19.0 Å². The molecule has 0 N–H and O–H groups in total. The van der Waals surface area contributed by atoms with Gasteiger partial charge in [0.1, 0.15) is 0 Å². The van der Waals surface area contributed by atoms with Crippen molar-refractivity contribution in [1.82, 2.24) is 0 Å². The molecule has 0 bridgehead atoms. The summed E-state index contributed by atoms with van der Waals surface area (Å²) in [7, 11) is 4.07. The fourth-order valence-electron chi connectivity index (χ4n) is 1.40. The molecule has 0 saturated carbocycles. The fourth-order valence-corrected chi connectivity index (χ4v) is 1.40. The van der Waals surface area contributed by atoms with Crippen LogP contribution >= 0.6 is 0 Å². The highest BCUT2D eigenvalue weighted by molar-refractivity contribution is 5.93. The lowest BCUT2D eigenvalue weighted by Crippen LogP contribution is -2.07. The van der Waals surface area contributed by atoms with E-state index in [0.29, 0.717) is 0 Å². The molecule has 0 spiro atoms. The Morgan fingerprint density at radius 2 is 1.28 bits per heavy atom. The van der Waals surface area contributed by atoms with Crippen LogP contribution in [0.4, 0.5) is 5.69 Å². The van der Waals surface area contributed by atoms with Crippen molar-refractivity contribution in [3.8, 4) is 0 Å². The van der Waals surface area contributed by atoms with Gasteiger partial charge in [0, 0.05) is 25.3 Å². The second-order valence-corrected chi connectivity index (χ2v) is 4.15. The summed E-state index contributed by atoms with van der Waals surface area (Å²) in [6, 6.07) is 19.5. The maximum Gasteiger partial charge on any atom is 0.159 e. The molecule has 94 valence electrons. The first-order chi connectivity index (χ1) is 8.61. The third-order valence-corrected chi connectivity index (χ3v) is 2.45. The molecule has 0 aliphatic rings. The number of benzene rings is 2. The van der Waals surface area contributed by atoms with Crippen LogP contribution in [0.15, 0.2) is 60.7 Å². The van der Waals surface area contributed by atoms with Crippen LogP contribution in [-0.4, -0.2) is 19.9 Å². The van der Waals surface area contributed by atoms with E-state index in [4.69, 9.17) is 0 Å². The molecule has 0 radical (unpaired) electrons. The smallest absolute Gasteiger partial charge is 0.159 e. The van der Waals surface area contributed by atoms with E-state index in [1.54, 1.807) is 6.92 Å². The molecule has 2 aromatic carbocycles. The molecule has 2 nitrogen and oxygen atoms in total. The van der Waals surface area contributed by atoms with Crippen molar-refractivity contribution in [3.05, 3.63) is 66.2 Å². The normalized spacial score (nSPS) is 9.06. The Kier molecular flexibility index (Phi) is 5.65. The second kappa shape index (κ2) is 7.28. The van der Waals surface area contributed by atoms with E-state index in [1.165, 1.54) is 5.69 Å². The minimum Gasteiger partial charge on any atom is -0.378 e. The van der Waals surface area contributed by atoms with Gasteiger partial charge in [-0.25, -0.2) is 0 Å². The summed E-state index contributed by atoms with van der Waals surface area (Å²) < 4.78 is 0. The Labute approximate surface area is 109 Å². The van der Waals surface area contributed by atoms with E-state index in [-0.39, 0.29) is 5.78 Å². The van der Waals surface area contributed by atoms with Gasteiger partial charge in [0.05, 0.1) is 0 Å². The predicted molar refractivity (Wildman–Crippen MR) is 77.2 cm³/mol. The Morgan fingerprint density at radius 1 is 0.833 bits per heavy atom. The zero-order valence-electron chi connectivity index (χ0n) is 11.1. The lowest BCUT2D eigenvalue weighted by Gasteiger charge is -2.10. The van der Waals surface area contributed by atoms with E-state index >= 15 is 0 Å². The summed E-state index contributed by atoms with van der Waals surface area (Å²) in [4.78, 5) is 12.7. The zero-order chi connectivity index (χ0) is 13.4. The number of hydrogen-bond acceptors (Lipinski definition) is 2. The van der Waals surface area contributed by atoms with Crippen LogP contribution in [0.1, 0.15) is 17.3 Å². The Balaban J connectivity index is 0.000000180. The van der Waals surface area contributed by atoms with E-state index in [1.807, 2.05) is 62.6 Å². The van der Waals surface area contributed by atoms with Crippen molar-refractivity contribution in [1.29, 1.82) is 0 Å². The van der Waals surface area contributed by atoms with Crippen LogP contribution in [-0.2, 0) is 0 Å². The van der Waals surface area contributed by atoms with Crippen molar-refractivity contribution in [3.63, 3.8) is 0 Å². The highest BCUT2D eigenvalue weighted by atomic mass is 16.1. The number of carbonyl (C=O) groups is 1. The maximum atomic E-state index is 10.6. The Morgan fingerprint density at radius 3 is 1.56 bits per heavy atom. The van der Waals surface area contributed by atoms with Crippen molar-refractivity contribution in [2.45, 2.75) is 6.92 Å². The molecule has 0 atom stereocenters. The minimum atomic E-state index is 0.121. The van der Waals surface area contributed by atoms with E-state index in [9.17, 15) is 4.79 Å². The molecule has 18 heavy (non-hydrogen) atoms. The molecular formula is C16H19NO. The molecule has 0 aromatic heterocycles. The molecule has 2 heteroatoms. The standard InChI is InChI=1S/C8H11N.C8H8O/c1-9(2)8-6-4-3-5-7-8;1-7(9)8-5-3-2-4-6-8/h3-7H,1-2H3;2-6H,1H3. The molecule has 0 fully saturated rings. The van der Waals surface area contributed by atoms with Gasteiger partial charge in [0.15, 0.2) is 5.78 Å². The molecule has 0 amide bonds.